The molecule has 29 heavy (non-hydrogen) atoms. The van der Waals surface area contributed by atoms with Gasteiger partial charge in [0.15, 0.2) is 10.9 Å². The summed E-state index contributed by atoms with van der Waals surface area (Å²) in [5, 5.41) is 22.5. The van der Waals surface area contributed by atoms with Crippen molar-refractivity contribution in [2.45, 2.75) is 12.5 Å². The molecule has 11 heteroatoms. The van der Waals surface area contributed by atoms with Crippen molar-refractivity contribution in [3.8, 4) is 0 Å². The first-order valence-electron chi connectivity index (χ1n) is 9.09. The van der Waals surface area contributed by atoms with Gasteiger partial charge in [-0.3, -0.25) is 14.6 Å². The molecule has 1 aromatic carbocycles. The van der Waals surface area contributed by atoms with Crippen LogP contribution in [-0.2, 0) is 0 Å². The van der Waals surface area contributed by atoms with E-state index in [1.807, 2.05) is 23.0 Å². The number of carbonyl (C=O) groups excluding carboxylic acids is 1. The molecule has 0 unspecified atom stereocenters. The minimum absolute atomic E-state index is 0.284. The lowest BCUT2D eigenvalue weighted by Crippen LogP contribution is -2.13. The Hall–Kier alpha value is -2.95. The van der Waals surface area contributed by atoms with Crippen molar-refractivity contribution in [2.24, 2.45) is 0 Å². The summed E-state index contributed by atoms with van der Waals surface area (Å²) < 4.78 is 1.96. The van der Waals surface area contributed by atoms with E-state index >= 15 is 0 Å². The highest BCUT2D eigenvalue weighted by Gasteiger charge is 2.18. The second-order valence-electron chi connectivity index (χ2n) is 6.69. The molecule has 9 nitrogen and oxygen atoms in total. The van der Waals surface area contributed by atoms with E-state index < -0.39 is 0 Å². The van der Waals surface area contributed by atoms with Gasteiger partial charge in [0.25, 0.3) is 5.91 Å². The number of amides is 1. The van der Waals surface area contributed by atoms with Crippen molar-refractivity contribution in [2.75, 3.05) is 23.7 Å². The van der Waals surface area contributed by atoms with Crippen LogP contribution in [0.2, 0.25) is 5.02 Å². The summed E-state index contributed by atoms with van der Waals surface area (Å²) in [5.74, 6) is 0.415. The first kappa shape index (κ1) is 18.1. The topological polar surface area (TPSA) is 113 Å². The molecule has 4 aromatic rings. The molecular formula is C18H17ClN8OS. The third-order valence-corrected chi connectivity index (χ3v) is 6.02. The molecule has 148 valence electrons. The predicted molar refractivity (Wildman–Crippen MR) is 113 cm³/mol. The number of fused-ring (bicyclic) bond motifs is 1. The van der Waals surface area contributed by atoms with Crippen LogP contribution in [0.3, 0.4) is 0 Å². The van der Waals surface area contributed by atoms with Crippen LogP contribution in [-0.4, -0.2) is 44.0 Å². The largest absolute Gasteiger partial charge is 0.319 e. The second kappa shape index (κ2) is 7.47. The first-order valence-corrected chi connectivity index (χ1v) is 10.3. The number of hydrogen-bond donors (Lipinski definition) is 4. The van der Waals surface area contributed by atoms with E-state index in [1.165, 1.54) is 17.5 Å². The number of thiazole rings is 1. The highest BCUT2D eigenvalue weighted by Crippen LogP contribution is 2.31. The molecule has 1 amide bonds. The zero-order chi connectivity index (χ0) is 19.8. The molecule has 4 N–H and O–H groups in total. The normalized spacial score (nSPS) is 16.4. The Bertz CT molecular complexity index is 1180. The number of rotatable bonds is 5. The third-order valence-electron chi connectivity index (χ3n) is 4.79. The van der Waals surface area contributed by atoms with E-state index in [0.29, 0.717) is 32.6 Å². The molecular weight excluding hydrogens is 412 g/mol. The molecule has 1 fully saturated rings. The smallest absolute Gasteiger partial charge is 0.267 e. The van der Waals surface area contributed by atoms with Gasteiger partial charge in [0.1, 0.15) is 4.88 Å². The highest BCUT2D eigenvalue weighted by atomic mass is 35.5. The second-order valence-corrected chi connectivity index (χ2v) is 8.13. The summed E-state index contributed by atoms with van der Waals surface area (Å²) >= 11 is 7.51. The maximum absolute atomic E-state index is 12.7. The minimum Gasteiger partial charge on any atom is -0.319 e. The number of aromatic amines is 1. The highest BCUT2D eigenvalue weighted by molar-refractivity contribution is 7.17. The zero-order valence-electron chi connectivity index (χ0n) is 15.1. The minimum atomic E-state index is -0.284. The number of nitrogens with zero attached hydrogens (tertiary/aromatic N) is 4. The first-order chi connectivity index (χ1) is 14.2. The number of benzene rings is 1. The molecule has 1 aliphatic heterocycles. The van der Waals surface area contributed by atoms with E-state index in [2.05, 4.69) is 36.2 Å². The van der Waals surface area contributed by atoms with Crippen LogP contribution < -0.4 is 16.0 Å². The monoisotopic (exact) mass is 428 g/mol. The standard InChI is InChI=1S/C18H17ClN8OS/c19-12-1-2-13-11(8-22-25-13)16(12)24-17(28)14-9-21-18(29-14)23-15-4-6-27(26-15)10-3-5-20-7-10/h1-2,4,6,8-10,20H,3,5,7H2,(H,22,25)(H,24,28)(H,21,23,26)/t10-/m1/s1. The van der Waals surface area contributed by atoms with Crippen LogP contribution in [0.5, 0.6) is 0 Å². The van der Waals surface area contributed by atoms with Crippen LogP contribution in [0.1, 0.15) is 22.1 Å². The fourth-order valence-electron chi connectivity index (χ4n) is 3.31. The van der Waals surface area contributed by atoms with Crippen molar-refractivity contribution in [3.63, 3.8) is 0 Å². The molecule has 1 atom stereocenters. The lowest BCUT2D eigenvalue weighted by molar-refractivity contribution is 0.103. The van der Waals surface area contributed by atoms with Crippen LogP contribution in [0.15, 0.2) is 36.8 Å². The average molecular weight is 429 g/mol. The van der Waals surface area contributed by atoms with E-state index in [9.17, 15) is 4.79 Å². The van der Waals surface area contributed by atoms with E-state index in [1.54, 1.807) is 12.3 Å². The lowest BCUT2D eigenvalue weighted by Gasteiger charge is -2.08. The van der Waals surface area contributed by atoms with Crippen molar-refractivity contribution in [1.82, 2.24) is 30.3 Å². The summed E-state index contributed by atoms with van der Waals surface area (Å²) in [7, 11) is 0. The van der Waals surface area contributed by atoms with Crippen LogP contribution in [0.4, 0.5) is 16.6 Å². The van der Waals surface area contributed by atoms with Gasteiger partial charge in [-0.25, -0.2) is 4.98 Å². The molecule has 0 spiro atoms. The number of carbonyl (C=O) groups is 1. The van der Waals surface area contributed by atoms with Crippen molar-refractivity contribution in [3.05, 3.63) is 46.7 Å². The van der Waals surface area contributed by atoms with Gasteiger partial charge in [0.2, 0.25) is 0 Å². The summed E-state index contributed by atoms with van der Waals surface area (Å²) in [6, 6.07) is 5.81. The molecule has 0 radical (unpaired) electrons. The van der Waals surface area contributed by atoms with E-state index in [-0.39, 0.29) is 5.91 Å². The summed E-state index contributed by atoms with van der Waals surface area (Å²) in [5.41, 5.74) is 1.32. The predicted octanol–water partition coefficient (Wildman–Crippen LogP) is 3.40. The number of anilines is 3. The third kappa shape index (κ3) is 3.57. The molecule has 3 aromatic heterocycles. The van der Waals surface area contributed by atoms with Crippen LogP contribution in [0.25, 0.3) is 10.9 Å². The fourth-order valence-corrected chi connectivity index (χ4v) is 4.24. The maximum atomic E-state index is 12.7. The Morgan fingerprint density at radius 2 is 2.24 bits per heavy atom. The average Bonchev–Trinajstić information content (AvgIpc) is 3.51. The van der Waals surface area contributed by atoms with Gasteiger partial charge in [-0.05, 0) is 25.1 Å². The van der Waals surface area contributed by atoms with Gasteiger partial charge in [-0.1, -0.05) is 22.9 Å². The van der Waals surface area contributed by atoms with Crippen LogP contribution in [0, 0.1) is 0 Å². The Balaban J connectivity index is 1.30. The molecule has 1 saturated heterocycles. The Morgan fingerprint density at radius 3 is 3.10 bits per heavy atom. The molecule has 1 aliphatic rings. The maximum Gasteiger partial charge on any atom is 0.267 e. The molecule has 0 saturated carbocycles. The number of aromatic nitrogens is 5. The summed E-state index contributed by atoms with van der Waals surface area (Å²) in [6.07, 6.45) is 6.18. The SMILES string of the molecule is O=C(Nc1c(Cl)ccc2[nH]ncc12)c1cnc(Nc2ccn([C@@H]3CCNC3)n2)s1. The van der Waals surface area contributed by atoms with E-state index in [0.717, 1.165) is 30.4 Å². The Labute approximate surface area is 174 Å². The van der Waals surface area contributed by atoms with Crippen LogP contribution >= 0.6 is 22.9 Å². The van der Waals surface area contributed by atoms with Gasteiger partial charge in [-0.15, -0.1) is 0 Å². The molecule has 0 bridgehead atoms. The zero-order valence-corrected chi connectivity index (χ0v) is 16.7. The summed E-state index contributed by atoms with van der Waals surface area (Å²) in [6.45, 7) is 1.93. The van der Waals surface area contributed by atoms with Gasteiger partial charge in [0, 0.05) is 24.2 Å². The fraction of sp³-hybridized carbons (Fsp3) is 0.222. The van der Waals surface area contributed by atoms with Crippen molar-refractivity contribution in [1.29, 1.82) is 0 Å². The Kier molecular flexibility index (Phi) is 4.66. The molecule has 4 heterocycles. The van der Waals surface area contributed by atoms with Gasteiger partial charge in [-0.2, -0.15) is 10.2 Å². The quantitative estimate of drug-likeness (QED) is 0.387. The van der Waals surface area contributed by atoms with Crippen molar-refractivity contribution >= 4 is 56.4 Å². The molecule has 5 rings (SSSR count). The van der Waals surface area contributed by atoms with Gasteiger partial charge >= 0.3 is 0 Å². The molecule has 0 aliphatic carbocycles. The number of halogens is 1. The number of hydrogen-bond acceptors (Lipinski definition) is 7. The number of H-pyrrole nitrogens is 1. The van der Waals surface area contributed by atoms with Gasteiger partial charge in [0.05, 0.1) is 34.7 Å². The van der Waals surface area contributed by atoms with E-state index in [4.69, 9.17) is 11.6 Å². The van der Waals surface area contributed by atoms with Crippen molar-refractivity contribution < 1.29 is 4.79 Å². The summed E-state index contributed by atoms with van der Waals surface area (Å²) in [4.78, 5) is 17.4. The lowest BCUT2D eigenvalue weighted by atomic mass is 10.2. The Morgan fingerprint density at radius 1 is 1.31 bits per heavy atom. The number of nitrogens with one attached hydrogen (secondary N) is 4. The van der Waals surface area contributed by atoms with Gasteiger partial charge < -0.3 is 16.0 Å².